The molecule has 0 N–H and O–H groups in total. The number of hydrogen-bond acceptors (Lipinski definition) is 8. The highest BCUT2D eigenvalue weighted by Gasteiger charge is 2.26. The summed E-state index contributed by atoms with van der Waals surface area (Å²) in [6.45, 7) is 0. The van der Waals surface area contributed by atoms with Gasteiger partial charge in [-0.25, -0.2) is 0 Å². The van der Waals surface area contributed by atoms with Crippen LogP contribution < -0.4 is 18.9 Å². The Hall–Kier alpha value is 1.10. The second kappa shape index (κ2) is 18.0. The van der Waals surface area contributed by atoms with Gasteiger partial charge in [0.05, 0.1) is 81.0 Å². The van der Waals surface area contributed by atoms with Gasteiger partial charge in [0.15, 0.2) is 0 Å². The fourth-order valence-electron chi connectivity index (χ4n) is 4.09. The Morgan fingerprint density at radius 3 is 1.21 bits per heavy atom. The molecule has 0 aliphatic heterocycles. The van der Waals surface area contributed by atoms with E-state index < -0.39 is 0 Å². The van der Waals surface area contributed by atoms with Crippen LogP contribution in [-0.2, 0) is 0 Å². The summed E-state index contributed by atoms with van der Waals surface area (Å²) < 4.78 is 28.3. The molecule has 4 aromatic heterocycles. The standard InChI is InChI=1S/C12H6Br2Cl2O2S2.C12H10O2S2.CH2Cl2.BBr3/c1-17-7-3-5(15)11(13)20-10(3)8(18-2)4-6(16)12(14)19-9(4)7;1-13-9-7-3-5-16-12(7)10(14-2)8-4-6-15-11(8)9;2-1-3;2-1(3)4/h1-2H3;3-6H,1-2H3;1H2;. The Morgan fingerprint density at radius 2 is 0.930 bits per heavy atom. The zero-order chi connectivity index (χ0) is 32.0. The second-order valence-electron chi connectivity index (χ2n) is 7.60. The fraction of sp³-hybridized carbons (Fsp3) is 0.200. The first-order chi connectivity index (χ1) is 20.5. The van der Waals surface area contributed by atoms with Gasteiger partial charge < -0.3 is 18.9 Å². The Labute approximate surface area is 326 Å². The van der Waals surface area contributed by atoms with Gasteiger partial charge in [-0.2, -0.15) is 0 Å². The van der Waals surface area contributed by atoms with Crippen molar-refractivity contribution < 1.29 is 18.9 Å². The summed E-state index contributed by atoms with van der Waals surface area (Å²) in [5.41, 5.74) is 0. The van der Waals surface area contributed by atoms with Crippen LogP contribution in [0.3, 0.4) is 0 Å². The van der Waals surface area contributed by atoms with Crippen LogP contribution in [0.5, 0.6) is 23.0 Å². The first-order valence-corrected chi connectivity index (χ1v) is 20.9. The molecule has 0 bridgehead atoms. The molecule has 0 radical (unpaired) electrons. The minimum Gasteiger partial charge on any atom is -0.495 e. The third-order valence-electron chi connectivity index (χ3n) is 5.54. The highest BCUT2D eigenvalue weighted by atomic mass is 79.9. The quantitative estimate of drug-likeness (QED) is 0.130. The Balaban J connectivity index is 0.000000197. The first-order valence-electron chi connectivity index (χ1n) is 11.3. The van der Waals surface area contributed by atoms with Crippen LogP contribution in [0.2, 0.25) is 10.0 Å². The number of fused-ring (bicyclic) bond motifs is 4. The number of ether oxygens (including phenoxy) is 4. The number of alkyl halides is 2. The average Bonchev–Trinajstić information content (AvgIpc) is 3.75. The molecule has 18 heteroatoms. The van der Waals surface area contributed by atoms with Crippen LogP contribution in [-0.4, -0.2) is 37.0 Å². The molecule has 0 aliphatic rings. The minimum atomic E-state index is 0.194. The largest absolute Gasteiger partial charge is 0.495 e. The van der Waals surface area contributed by atoms with E-state index in [1.807, 2.05) is 0 Å². The van der Waals surface area contributed by atoms with Gasteiger partial charge in [-0.15, -0.1) is 116 Å². The van der Waals surface area contributed by atoms with E-state index in [0.717, 1.165) is 70.9 Å². The van der Waals surface area contributed by atoms with Crippen LogP contribution >= 0.6 is 171 Å². The molecule has 0 saturated heterocycles. The van der Waals surface area contributed by atoms with Crippen molar-refractivity contribution in [2.24, 2.45) is 0 Å². The lowest BCUT2D eigenvalue weighted by Crippen LogP contribution is -1.89. The zero-order valence-corrected chi connectivity index (χ0v) is 36.5. The van der Waals surface area contributed by atoms with Gasteiger partial charge >= 0.3 is 3.18 Å². The van der Waals surface area contributed by atoms with Gasteiger partial charge in [-0.1, -0.05) is 23.2 Å². The van der Waals surface area contributed by atoms with Crippen molar-refractivity contribution in [1.82, 2.24) is 0 Å². The molecule has 0 saturated carbocycles. The van der Waals surface area contributed by atoms with Gasteiger partial charge in [0.25, 0.3) is 0 Å². The van der Waals surface area contributed by atoms with E-state index >= 15 is 0 Å². The van der Waals surface area contributed by atoms with E-state index in [0.29, 0.717) is 10.0 Å². The maximum absolute atomic E-state index is 6.39. The third kappa shape index (κ3) is 8.40. The van der Waals surface area contributed by atoms with Crippen LogP contribution in [0.4, 0.5) is 0 Å². The lowest BCUT2D eigenvalue weighted by molar-refractivity contribution is 0.419. The molecule has 0 unspecified atom stereocenters. The van der Waals surface area contributed by atoms with Gasteiger partial charge in [-0.05, 0) is 54.8 Å². The number of thiophene rings is 4. The summed E-state index contributed by atoms with van der Waals surface area (Å²) in [4.78, 5) is 0. The zero-order valence-electron chi connectivity index (χ0n) is 22.3. The summed E-state index contributed by atoms with van der Waals surface area (Å²) in [6, 6.07) is 4.17. The predicted octanol–water partition coefficient (Wildman–Crippen LogP) is 14.7. The molecule has 232 valence electrons. The molecule has 4 heterocycles. The highest BCUT2D eigenvalue weighted by molar-refractivity contribution is 9.69. The summed E-state index contributed by atoms with van der Waals surface area (Å²) in [5, 5.41) is 9.56. The summed E-state index contributed by atoms with van der Waals surface area (Å²) in [7, 11) is 6.70. The lowest BCUT2D eigenvalue weighted by Gasteiger charge is -2.09. The van der Waals surface area contributed by atoms with Crippen molar-refractivity contribution in [2.45, 2.75) is 0 Å². The molecular weight excluding hydrogens is 1040 g/mol. The van der Waals surface area contributed by atoms with Crippen LogP contribution in [0.25, 0.3) is 40.3 Å². The maximum atomic E-state index is 6.39. The monoisotopic (exact) mass is 1060 g/mol. The number of methoxy groups -OCH3 is 4. The van der Waals surface area contributed by atoms with Crippen LogP contribution in [0, 0.1) is 0 Å². The summed E-state index contributed by atoms with van der Waals surface area (Å²) in [6.07, 6.45) is 0. The molecule has 43 heavy (non-hydrogen) atoms. The fourth-order valence-corrected chi connectivity index (χ4v) is 9.91. The average molecular weight is 1060 g/mol. The predicted molar refractivity (Wildman–Crippen MR) is 215 cm³/mol. The molecule has 0 spiro atoms. The number of benzene rings is 2. The molecule has 0 amide bonds. The van der Waals surface area contributed by atoms with E-state index in [-0.39, 0.29) is 8.52 Å². The van der Waals surface area contributed by atoms with Gasteiger partial charge in [-0.3, -0.25) is 0 Å². The molecule has 0 atom stereocenters. The number of hydrogen-bond donors (Lipinski definition) is 0. The van der Waals surface area contributed by atoms with Crippen molar-refractivity contribution in [3.63, 3.8) is 0 Å². The van der Waals surface area contributed by atoms with Crippen molar-refractivity contribution in [1.29, 1.82) is 0 Å². The topological polar surface area (TPSA) is 36.9 Å². The van der Waals surface area contributed by atoms with E-state index in [1.54, 1.807) is 51.1 Å². The van der Waals surface area contributed by atoms with Crippen molar-refractivity contribution in [2.75, 3.05) is 33.8 Å². The van der Waals surface area contributed by atoms with Gasteiger partial charge in [0.2, 0.25) is 0 Å². The van der Waals surface area contributed by atoms with Gasteiger partial charge in [0.1, 0.15) is 23.0 Å². The van der Waals surface area contributed by atoms with E-state index in [9.17, 15) is 0 Å². The Morgan fingerprint density at radius 1 is 0.628 bits per heavy atom. The number of halogens is 9. The maximum Gasteiger partial charge on any atom is 0.369 e. The molecule has 0 aliphatic carbocycles. The number of rotatable bonds is 4. The van der Waals surface area contributed by atoms with Crippen LogP contribution in [0.1, 0.15) is 0 Å². The first kappa shape index (κ1) is 38.6. The Kier molecular flexibility index (Phi) is 16.2. The van der Waals surface area contributed by atoms with Crippen molar-refractivity contribution in [3.05, 3.63) is 40.5 Å². The summed E-state index contributed by atoms with van der Waals surface area (Å²) in [5.74, 6) is 3.37. The SMILES string of the molecule is BrB(Br)Br.COc1c2ccsc2c(OC)c2ccsc12.COc1c2sc(Br)c(Cl)c2c(OC)c2sc(Br)c(Cl)c12.ClCCl. The van der Waals surface area contributed by atoms with E-state index in [4.69, 9.17) is 65.4 Å². The second-order valence-corrected chi connectivity index (χ2v) is 22.1. The Bertz CT molecular complexity index is 1670. The van der Waals surface area contributed by atoms with Gasteiger partial charge in [0, 0.05) is 10.8 Å². The van der Waals surface area contributed by atoms with E-state index in [2.05, 4.69) is 102 Å². The lowest BCUT2D eigenvalue weighted by atomic mass is 10.1. The highest BCUT2D eigenvalue weighted by Crippen LogP contribution is 2.56. The van der Waals surface area contributed by atoms with E-state index in [1.165, 1.54) is 22.7 Å². The molecular formula is C25H18BBr5Cl4O4S4. The molecule has 6 aromatic rings. The van der Waals surface area contributed by atoms with Crippen LogP contribution in [0.15, 0.2) is 30.5 Å². The molecule has 0 fully saturated rings. The molecule has 6 rings (SSSR count). The normalized spacial score (nSPS) is 10.5. The minimum absolute atomic E-state index is 0.194. The molecule has 4 nitrogen and oxygen atoms in total. The van der Waals surface area contributed by atoms with Crippen molar-refractivity contribution >= 4 is 214 Å². The van der Waals surface area contributed by atoms with Crippen molar-refractivity contribution in [3.8, 4) is 23.0 Å². The smallest absolute Gasteiger partial charge is 0.369 e. The summed E-state index contributed by atoms with van der Waals surface area (Å²) >= 11 is 44.9. The molecule has 2 aromatic carbocycles. The third-order valence-corrected chi connectivity index (χ3v) is 12.5.